The third-order valence-corrected chi connectivity index (χ3v) is 4.45. The first-order chi connectivity index (χ1) is 9.66. The van der Waals surface area contributed by atoms with Gasteiger partial charge in [-0.1, -0.05) is 49.7 Å². The summed E-state index contributed by atoms with van der Waals surface area (Å²) < 4.78 is 0. The van der Waals surface area contributed by atoms with Crippen LogP contribution < -0.4 is 5.32 Å². The van der Waals surface area contributed by atoms with E-state index in [4.69, 9.17) is 11.6 Å². The number of thioether (sulfide) groups is 1. The predicted molar refractivity (Wildman–Crippen MR) is 91.2 cm³/mol. The zero-order valence-corrected chi connectivity index (χ0v) is 13.5. The van der Waals surface area contributed by atoms with E-state index in [1.54, 1.807) is 0 Å². The largest absolute Gasteiger partial charge is 0.383 e. The first kappa shape index (κ1) is 15.3. The van der Waals surface area contributed by atoms with Gasteiger partial charge in [0.15, 0.2) is 0 Å². The van der Waals surface area contributed by atoms with Gasteiger partial charge in [-0.2, -0.15) is 0 Å². The Bertz CT molecular complexity index is 537. The third-order valence-electron chi connectivity index (χ3n) is 3.11. The number of hydrogen-bond donors (Lipinski definition) is 1. The van der Waals surface area contributed by atoms with Gasteiger partial charge in [-0.05, 0) is 35.7 Å². The molecule has 0 radical (unpaired) electrons. The van der Waals surface area contributed by atoms with Crippen molar-refractivity contribution in [2.75, 3.05) is 17.6 Å². The Kier molecular flexibility index (Phi) is 5.81. The minimum absolute atomic E-state index is 0.593. The molecule has 0 aliphatic rings. The zero-order valence-electron chi connectivity index (χ0n) is 11.9. The molecule has 0 aliphatic carbocycles. The lowest BCUT2D eigenvalue weighted by Gasteiger charge is -2.09. The second kappa shape index (κ2) is 7.61. The Morgan fingerprint density at radius 1 is 1.05 bits per heavy atom. The van der Waals surface area contributed by atoms with E-state index in [2.05, 4.69) is 43.4 Å². The fourth-order valence-corrected chi connectivity index (χ4v) is 2.88. The molecule has 0 aliphatic heterocycles. The summed E-state index contributed by atoms with van der Waals surface area (Å²) in [4.78, 5) is 1.32. The van der Waals surface area contributed by atoms with Gasteiger partial charge in [-0.15, -0.1) is 11.8 Å². The number of nitrogens with one attached hydrogen (secondary N) is 1. The van der Waals surface area contributed by atoms with Crippen LogP contribution in [0, 0.1) is 0 Å². The number of hydrogen-bond acceptors (Lipinski definition) is 2. The summed E-state index contributed by atoms with van der Waals surface area (Å²) in [7, 11) is 0. The van der Waals surface area contributed by atoms with E-state index < -0.39 is 0 Å². The molecular formula is C17H20ClNS. The van der Waals surface area contributed by atoms with Crippen molar-refractivity contribution < 1.29 is 0 Å². The number of benzene rings is 2. The molecule has 20 heavy (non-hydrogen) atoms. The van der Waals surface area contributed by atoms with Crippen molar-refractivity contribution >= 4 is 29.1 Å². The smallest absolute Gasteiger partial charge is 0.0637 e. The maximum atomic E-state index is 6.10. The molecule has 0 fully saturated rings. The molecule has 0 aromatic heterocycles. The summed E-state index contributed by atoms with van der Waals surface area (Å²) in [5, 5.41) is 4.14. The number of anilines is 1. The standard InChI is InChI=1S/C17H20ClNS/c1-13(2)14-7-9-15(10-8-14)20-12-11-19-17-6-4-3-5-16(17)18/h3-10,13,19H,11-12H2,1-2H3. The number of para-hydroxylation sites is 1. The van der Waals surface area contributed by atoms with E-state index >= 15 is 0 Å². The van der Waals surface area contributed by atoms with Crippen LogP contribution in [-0.2, 0) is 0 Å². The third kappa shape index (κ3) is 4.46. The Labute approximate surface area is 130 Å². The molecule has 3 heteroatoms. The van der Waals surface area contributed by atoms with Gasteiger partial charge in [0.2, 0.25) is 0 Å². The molecule has 0 saturated carbocycles. The van der Waals surface area contributed by atoms with Crippen molar-refractivity contribution in [2.24, 2.45) is 0 Å². The number of rotatable bonds is 6. The van der Waals surface area contributed by atoms with Crippen LogP contribution in [0.25, 0.3) is 0 Å². The maximum Gasteiger partial charge on any atom is 0.0637 e. The van der Waals surface area contributed by atoms with Gasteiger partial charge < -0.3 is 5.32 Å². The van der Waals surface area contributed by atoms with Crippen molar-refractivity contribution in [2.45, 2.75) is 24.7 Å². The average molecular weight is 306 g/mol. The Hall–Kier alpha value is -1.12. The van der Waals surface area contributed by atoms with E-state index in [0.717, 1.165) is 23.0 Å². The molecule has 2 rings (SSSR count). The highest BCUT2D eigenvalue weighted by Crippen LogP contribution is 2.23. The molecule has 0 unspecified atom stereocenters. The average Bonchev–Trinajstić information content (AvgIpc) is 2.46. The normalized spacial score (nSPS) is 10.8. The van der Waals surface area contributed by atoms with Crippen molar-refractivity contribution in [1.82, 2.24) is 0 Å². The van der Waals surface area contributed by atoms with E-state index in [0.29, 0.717) is 5.92 Å². The molecule has 0 saturated heterocycles. The summed E-state index contributed by atoms with van der Waals surface area (Å²) >= 11 is 7.96. The lowest BCUT2D eigenvalue weighted by atomic mass is 10.0. The van der Waals surface area contributed by atoms with Crippen molar-refractivity contribution in [3.63, 3.8) is 0 Å². The highest BCUT2D eigenvalue weighted by atomic mass is 35.5. The summed E-state index contributed by atoms with van der Waals surface area (Å²) in [6.45, 7) is 5.34. The molecular weight excluding hydrogens is 286 g/mol. The van der Waals surface area contributed by atoms with Crippen LogP contribution in [0.2, 0.25) is 5.02 Å². The van der Waals surface area contributed by atoms with Crippen molar-refractivity contribution in [1.29, 1.82) is 0 Å². The van der Waals surface area contributed by atoms with Crippen LogP contribution in [0.3, 0.4) is 0 Å². The van der Waals surface area contributed by atoms with Gasteiger partial charge >= 0.3 is 0 Å². The predicted octanol–water partition coefficient (Wildman–Crippen LogP) is 5.67. The van der Waals surface area contributed by atoms with Crippen LogP contribution in [0.4, 0.5) is 5.69 Å². The lowest BCUT2D eigenvalue weighted by Crippen LogP contribution is -2.04. The van der Waals surface area contributed by atoms with Crippen molar-refractivity contribution in [3.8, 4) is 0 Å². The number of halogens is 1. The van der Waals surface area contributed by atoms with Crippen LogP contribution >= 0.6 is 23.4 Å². The van der Waals surface area contributed by atoms with Gasteiger partial charge in [-0.3, -0.25) is 0 Å². The molecule has 0 bridgehead atoms. The summed E-state index contributed by atoms with van der Waals surface area (Å²) in [5.41, 5.74) is 2.40. The lowest BCUT2D eigenvalue weighted by molar-refractivity contribution is 0.865. The van der Waals surface area contributed by atoms with E-state index in [1.165, 1.54) is 10.5 Å². The molecule has 106 valence electrons. The quantitative estimate of drug-likeness (QED) is 0.545. The molecule has 1 N–H and O–H groups in total. The summed E-state index contributed by atoms with van der Waals surface area (Å²) in [5.74, 6) is 1.61. The van der Waals surface area contributed by atoms with Crippen LogP contribution in [0.5, 0.6) is 0 Å². The zero-order chi connectivity index (χ0) is 14.4. The molecule has 1 nitrogen and oxygen atoms in total. The second-order valence-electron chi connectivity index (χ2n) is 4.98. The Balaban J connectivity index is 1.77. The molecule has 0 spiro atoms. The van der Waals surface area contributed by atoms with Crippen LogP contribution in [0.1, 0.15) is 25.3 Å². The summed E-state index contributed by atoms with van der Waals surface area (Å²) in [6.07, 6.45) is 0. The van der Waals surface area contributed by atoms with Gasteiger partial charge in [0.25, 0.3) is 0 Å². The van der Waals surface area contributed by atoms with Gasteiger partial charge in [-0.25, -0.2) is 0 Å². The molecule has 2 aromatic carbocycles. The first-order valence-electron chi connectivity index (χ1n) is 6.88. The fourth-order valence-electron chi connectivity index (χ4n) is 1.91. The monoisotopic (exact) mass is 305 g/mol. The molecule has 0 heterocycles. The minimum atomic E-state index is 0.593. The van der Waals surface area contributed by atoms with E-state index in [1.807, 2.05) is 36.0 Å². The summed E-state index contributed by atoms with van der Waals surface area (Å²) in [6, 6.07) is 16.7. The molecule has 0 atom stereocenters. The Morgan fingerprint density at radius 2 is 1.75 bits per heavy atom. The van der Waals surface area contributed by atoms with Crippen LogP contribution in [0.15, 0.2) is 53.4 Å². The van der Waals surface area contributed by atoms with E-state index in [-0.39, 0.29) is 0 Å². The maximum absolute atomic E-state index is 6.10. The highest BCUT2D eigenvalue weighted by Gasteiger charge is 2.00. The minimum Gasteiger partial charge on any atom is -0.383 e. The first-order valence-corrected chi connectivity index (χ1v) is 8.24. The van der Waals surface area contributed by atoms with Gasteiger partial charge in [0, 0.05) is 17.2 Å². The van der Waals surface area contributed by atoms with Gasteiger partial charge in [0.1, 0.15) is 0 Å². The van der Waals surface area contributed by atoms with Gasteiger partial charge in [0.05, 0.1) is 10.7 Å². The van der Waals surface area contributed by atoms with Crippen molar-refractivity contribution in [3.05, 3.63) is 59.1 Å². The van der Waals surface area contributed by atoms with Crippen LogP contribution in [-0.4, -0.2) is 12.3 Å². The SMILES string of the molecule is CC(C)c1ccc(SCCNc2ccccc2Cl)cc1. The fraction of sp³-hybridized carbons (Fsp3) is 0.294. The second-order valence-corrected chi connectivity index (χ2v) is 6.55. The highest BCUT2D eigenvalue weighted by molar-refractivity contribution is 7.99. The topological polar surface area (TPSA) is 12.0 Å². The molecule has 2 aromatic rings. The van der Waals surface area contributed by atoms with E-state index in [9.17, 15) is 0 Å². The Morgan fingerprint density at radius 3 is 2.40 bits per heavy atom. The molecule has 0 amide bonds.